The van der Waals surface area contributed by atoms with E-state index in [1.165, 1.54) is 6.08 Å². The zero-order valence-electron chi connectivity index (χ0n) is 6.72. The lowest BCUT2D eigenvalue weighted by Gasteiger charge is -2.18. The third-order valence-corrected chi connectivity index (χ3v) is 1.60. The Balaban J connectivity index is 4.01. The van der Waals surface area contributed by atoms with Crippen molar-refractivity contribution in [1.82, 2.24) is 0 Å². The molecule has 58 valence electrons. The summed E-state index contributed by atoms with van der Waals surface area (Å²) < 4.78 is 5.37. The van der Waals surface area contributed by atoms with Gasteiger partial charge in [-0.1, -0.05) is 6.58 Å². The first-order chi connectivity index (χ1) is 4.49. The van der Waals surface area contributed by atoms with Gasteiger partial charge in [-0.05, 0) is 25.7 Å². The fourth-order valence-electron chi connectivity index (χ4n) is 0.474. The maximum Gasteiger partial charge on any atom is 0.242 e. The Morgan fingerprint density at radius 2 is 2.00 bits per heavy atom. The van der Waals surface area contributed by atoms with E-state index in [2.05, 4.69) is 6.58 Å². The molecule has 10 heavy (non-hydrogen) atoms. The van der Waals surface area contributed by atoms with Gasteiger partial charge in [0.05, 0.1) is 0 Å². The first-order valence-electron chi connectivity index (χ1n) is 3.15. The van der Waals surface area contributed by atoms with Crippen molar-refractivity contribution in [2.75, 3.05) is 0 Å². The molecule has 0 rings (SSSR count). The molecule has 2 nitrogen and oxygen atoms in total. The van der Waals surface area contributed by atoms with Crippen molar-refractivity contribution in [3.63, 3.8) is 0 Å². The van der Waals surface area contributed by atoms with Gasteiger partial charge in [0, 0.05) is 0 Å². The minimum Gasteiger partial charge on any atom is -0.542 e. The zero-order valence-corrected chi connectivity index (χ0v) is 7.72. The van der Waals surface area contributed by atoms with Crippen LogP contribution in [0.1, 0.15) is 0 Å². The average molecular weight is 158 g/mol. The van der Waals surface area contributed by atoms with Crippen molar-refractivity contribution in [3.8, 4) is 0 Å². The summed E-state index contributed by atoms with van der Waals surface area (Å²) in [5, 5.41) is 8.55. The van der Waals surface area contributed by atoms with Crippen molar-refractivity contribution in [2.24, 2.45) is 0 Å². The third kappa shape index (κ3) is 4.20. The van der Waals surface area contributed by atoms with Crippen LogP contribution in [0.4, 0.5) is 0 Å². The summed E-state index contributed by atoms with van der Waals surface area (Å²) >= 11 is 0. The van der Waals surface area contributed by atoms with Gasteiger partial charge < -0.3 is 9.53 Å². The number of rotatable bonds is 3. The molecule has 0 aromatic rings. The van der Waals surface area contributed by atoms with Crippen molar-refractivity contribution in [2.45, 2.75) is 19.6 Å². The van der Waals surface area contributed by atoms with Crippen LogP contribution in [0.3, 0.4) is 0 Å². The Morgan fingerprint density at radius 1 is 1.50 bits per heavy atom. The van der Waals surface area contributed by atoms with Crippen LogP contribution in [0.25, 0.3) is 0 Å². The number of allylic oxidation sites excluding steroid dienone is 1. The van der Waals surface area contributed by atoms with E-state index in [-0.39, 0.29) is 0 Å². The van der Waals surface area contributed by atoms with Crippen molar-refractivity contribution in [3.05, 3.63) is 24.7 Å². The molecular formula is C7H14O2Si. The Bertz CT molecular complexity index is 144. The van der Waals surface area contributed by atoms with E-state index in [1.807, 2.05) is 19.6 Å². The maximum absolute atomic E-state index is 8.55. The topological polar surface area (TPSA) is 29.5 Å². The lowest BCUT2D eigenvalue weighted by Crippen LogP contribution is -2.24. The molecule has 0 fully saturated rings. The molecule has 1 N–H and O–H groups in total. The largest absolute Gasteiger partial charge is 0.542 e. The van der Waals surface area contributed by atoms with Gasteiger partial charge in [0.2, 0.25) is 8.32 Å². The standard InChI is InChI=1S/C7H14O2Si/c1-5-7(6-8)9-10(2,3)4/h5-6,8H,1H2,2-4H3. The fourth-order valence-corrected chi connectivity index (χ4v) is 1.32. The molecule has 0 aromatic carbocycles. The summed E-state index contributed by atoms with van der Waals surface area (Å²) in [7, 11) is -1.56. The minimum atomic E-state index is -1.56. The SMILES string of the molecule is C=CC(=CO)O[Si](C)(C)C. The average Bonchev–Trinajstić information content (AvgIpc) is 1.81. The minimum absolute atomic E-state index is 0.458. The normalized spacial score (nSPS) is 12.9. The highest BCUT2D eigenvalue weighted by molar-refractivity contribution is 6.70. The van der Waals surface area contributed by atoms with E-state index in [1.54, 1.807) is 0 Å². The Hall–Kier alpha value is -0.703. The first-order valence-corrected chi connectivity index (χ1v) is 6.56. The highest BCUT2D eigenvalue weighted by atomic mass is 28.4. The Kier molecular flexibility index (Phi) is 3.22. The summed E-state index contributed by atoms with van der Waals surface area (Å²) in [5.74, 6) is 0.458. The molecule has 0 radical (unpaired) electrons. The van der Waals surface area contributed by atoms with Gasteiger partial charge in [0.25, 0.3) is 0 Å². The molecule has 0 heterocycles. The van der Waals surface area contributed by atoms with Crippen LogP contribution in [0.2, 0.25) is 19.6 Å². The van der Waals surface area contributed by atoms with E-state index in [0.29, 0.717) is 5.76 Å². The van der Waals surface area contributed by atoms with Crippen LogP contribution in [-0.4, -0.2) is 13.4 Å². The molecule has 0 aliphatic carbocycles. The van der Waals surface area contributed by atoms with Gasteiger partial charge in [-0.3, -0.25) is 0 Å². The Labute approximate surface area is 63.0 Å². The molecule has 0 saturated heterocycles. The van der Waals surface area contributed by atoms with E-state index in [9.17, 15) is 0 Å². The van der Waals surface area contributed by atoms with Gasteiger partial charge in [-0.2, -0.15) is 0 Å². The molecule has 0 atom stereocenters. The van der Waals surface area contributed by atoms with Crippen LogP contribution in [0.15, 0.2) is 24.7 Å². The van der Waals surface area contributed by atoms with Gasteiger partial charge in [0.15, 0.2) is 0 Å². The molecule has 0 aliphatic rings. The van der Waals surface area contributed by atoms with Crippen LogP contribution in [0.5, 0.6) is 0 Å². The number of hydrogen-bond donors (Lipinski definition) is 1. The summed E-state index contributed by atoms with van der Waals surface area (Å²) in [5.41, 5.74) is 0. The zero-order chi connectivity index (χ0) is 8.20. The highest BCUT2D eigenvalue weighted by Crippen LogP contribution is 2.09. The fraction of sp³-hybridized carbons (Fsp3) is 0.429. The first kappa shape index (κ1) is 9.30. The number of aliphatic hydroxyl groups excluding tert-OH is 1. The number of aliphatic hydroxyl groups is 1. The molecule has 0 aromatic heterocycles. The second-order valence-electron chi connectivity index (χ2n) is 2.95. The van der Waals surface area contributed by atoms with Crippen LogP contribution >= 0.6 is 0 Å². The lowest BCUT2D eigenvalue weighted by atomic mass is 10.5. The molecule has 0 aliphatic heterocycles. The molecule has 0 unspecified atom stereocenters. The second-order valence-corrected chi connectivity index (χ2v) is 7.38. The van der Waals surface area contributed by atoms with E-state index in [0.717, 1.165) is 6.26 Å². The van der Waals surface area contributed by atoms with Gasteiger partial charge >= 0.3 is 0 Å². The summed E-state index contributed by atoms with van der Waals surface area (Å²) in [4.78, 5) is 0. The maximum atomic E-state index is 8.55. The summed E-state index contributed by atoms with van der Waals surface area (Å²) in [6.07, 6.45) is 2.43. The molecule has 0 bridgehead atoms. The van der Waals surface area contributed by atoms with Gasteiger partial charge in [0.1, 0.15) is 12.0 Å². The molecule has 3 heteroatoms. The van der Waals surface area contributed by atoms with E-state index in [4.69, 9.17) is 9.53 Å². The van der Waals surface area contributed by atoms with Crippen LogP contribution in [0, 0.1) is 0 Å². The van der Waals surface area contributed by atoms with Crippen molar-refractivity contribution in [1.29, 1.82) is 0 Å². The number of hydrogen-bond acceptors (Lipinski definition) is 2. The second kappa shape index (κ2) is 3.46. The van der Waals surface area contributed by atoms with Gasteiger partial charge in [-0.25, -0.2) is 0 Å². The lowest BCUT2D eigenvalue weighted by molar-refractivity contribution is 0.385. The quantitative estimate of drug-likeness (QED) is 0.388. The van der Waals surface area contributed by atoms with E-state index >= 15 is 0 Å². The highest BCUT2D eigenvalue weighted by Gasteiger charge is 2.16. The molecule has 0 saturated carbocycles. The van der Waals surface area contributed by atoms with Gasteiger partial charge in [-0.15, -0.1) is 0 Å². The summed E-state index contributed by atoms with van der Waals surface area (Å²) in [6, 6.07) is 0. The smallest absolute Gasteiger partial charge is 0.242 e. The van der Waals surface area contributed by atoms with Crippen LogP contribution in [-0.2, 0) is 4.43 Å². The third-order valence-electron chi connectivity index (χ3n) is 0.752. The van der Waals surface area contributed by atoms with E-state index < -0.39 is 8.32 Å². The van der Waals surface area contributed by atoms with Crippen molar-refractivity contribution >= 4 is 8.32 Å². The molecule has 0 amide bonds. The Morgan fingerprint density at radius 3 is 2.10 bits per heavy atom. The predicted molar refractivity (Wildman–Crippen MR) is 45.3 cm³/mol. The molecule has 0 spiro atoms. The predicted octanol–water partition coefficient (Wildman–Crippen LogP) is 2.42. The summed E-state index contributed by atoms with van der Waals surface area (Å²) in [6.45, 7) is 9.61. The monoisotopic (exact) mass is 158 g/mol. The van der Waals surface area contributed by atoms with Crippen molar-refractivity contribution < 1.29 is 9.53 Å². The molecular weight excluding hydrogens is 144 g/mol. The van der Waals surface area contributed by atoms with Crippen LogP contribution < -0.4 is 0 Å².